The lowest BCUT2D eigenvalue weighted by Gasteiger charge is -2.28. The first-order chi connectivity index (χ1) is 10.2. The van der Waals surface area contributed by atoms with Gasteiger partial charge in [-0.25, -0.2) is 0 Å². The molecule has 4 nitrogen and oxygen atoms in total. The quantitative estimate of drug-likeness (QED) is 0.737. The topological polar surface area (TPSA) is 41.9 Å². The maximum absolute atomic E-state index is 8.76. The lowest BCUT2D eigenvalue weighted by atomic mass is 10.1. The minimum atomic E-state index is -0.116. The van der Waals surface area contributed by atoms with E-state index in [4.69, 9.17) is 14.6 Å². The van der Waals surface area contributed by atoms with E-state index in [1.165, 1.54) is 5.56 Å². The molecule has 0 amide bonds. The Morgan fingerprint density at radius 2 is 2.10 bits per heavy atom. The Labute approximate surface area is 127 Å². The van der Waals surface area contributed by atoms with Crippen molar-refractivity contribution >= 4 is 0 Å². The second kappa shape index (κ2) is 10.4. The molecule has 0 heterocycles. The van der Waals surface area contributed by atoms with Crippen LogP contribution in [0.15, 0.2) is 24.3 Å². The molecule has 0 aliphatic heterocycles. The summed E-state index contributed by atoms with van der Waals surface area (Å²) in [6, 6.07) is 8.40. The van der Waals surface area contributed by atoms with Crippen LogP contribution in [-0.2, 0) is 16.0 Å². The molecule has 0 bridgehead atoms. The van der Waals surface area contributed by atoms with E-state index in [2.05, 4.69) is 35.8 Å². The molecular weight excluding hydrogens is 266 g/mol. The first kappa shape index (κ1) is 17.7. The molecule has 0 saturated carbocycles. The van der Waals surface area contributed by atoms with E-state index in [0.29, 0.717) is 19.3 Å². The predicted molar refractivity (Wildman–Crippen MR) is 84.0 cm³/mol. The average Bonchev–Trinajstić information content (AvgIpc) is 2.50. The molecule has 1 unspecified atom stereocenters. The number of aliphatic hydroxyl groups is 1. The lowest BCUT2D eigenvalue weighted by molar-refractivity contribution is 0.0705. The van der Waals surface area contributed by atoms with Crippen LogP contribution in [0.25, 0.3) is 0 Å². The zero-order valence-corrected chi connectivity index (χ0v) is 13.1. The van der Waals surface area contributed by atoms with Crippen LogP contribution in [0.1, 0.15) is 18.1 Å². The van der Waals surface area contributed by atoms with Gasteiger partial charge in [-0.3, -0.25) is 4.90 Å². The van der Waals surface area contributed by atoms with Crippen LogP contribution >= 0.6 is 0 Å². The molecule has 0 spiro atoms. The third kappa shape index (κ3) is 6.74. The largest absolute Gasteiger partial charge is 0.384 e. The number of methoxy groups -OCH3 is 2. The van der Waals surface area contributed by atoms with Gasteiger partial charge in [-0.05, 0) is 24.6 Å². The summed E-state index contributed by atoms with van der Waals surface area (Å²) in [4.78, 5) is 2.32. The van der Waals surface area contributed by atoms with Crippen LogP contribution < -0.4 is 0 Å². The van der Waals surface area contributed by atoms with Crippen molar-refractivity contribution < 1.29 is 14.6 Å². The molecule has 1 aromatic carbocycles. The molecule has 0 aromatic heterocycles. The number of hydrogen-bond donors (Lipinski definition) is 1. The van der Waals surface area contributed by atoms with Gasteiger partial charge in [0, 0.05) is 38.9 Å². The SMILES string of the molecule is COCCN(Cc1cccc(C#CCO)c1)C(C)COC. The van der Waals surface area contributed by atoms with Crippen molar-refractivity contribution in [3.63, 3.8) is 0 Å². The van der Waals surface area contributed by atoms with Crippen molar-refractivity contribution in [1.29, 1.82) is 0 Å². The molecule has 21 heavy (non-hydrogen) atoms. The van der Waals surface area contributed by atoms with Gasteiger partial charge in [0.25, 0.3) is 0 Å². The Hall–Kier alpha value is -1.38. The number of ether oxygens (including phenoxy) is 2. The minimum absolute atomic E-state index is 0.116. The molecule has 0 aliphatic carbocycles. The Kier molecular flexibility index (Phi) is 8.72. The van der Waals surface area contributed by atoms with Crippen LogP contribution in [0.4, 0.5) is 0 Å². The summed E-state index contributed by atoms with van der Waals surface area (Å²) in [6.45, 7) is 5.09. The highest BCUT2D eigenvalue weighted by atomic mass is 16.5. The van der Waals surface area contributed by atoms with Crippen LogP contribution in [0.3, 0.4) is 0 Å². The van der Waals surface area contributed by atoms with Gasteiger partial charge in [-0.1, -0.05) is 24.0 Å². The number of benzene rings is 1. The Bertz CT molecular complexity index is 465. The average molecular weight is 291 g/mol. The summed E-state index contributed by atoms with van der Waals surface area (Å²) in [7, 11) is 3.43. The number of rotatable bonds is 8. The van der Waals surface area contributed by atoms with Crippen LogP contribution in [0.5, 0.6) is 0 Å². The first-order valence-corrected chi connectivity index (χ1v) is 7.11. The van der Waals surface area contributed by atoms with E-state index in [0.717, 1.165) is 18.7 Å². The standard InChI is InChI=1S/C17H25NO3/c1-15(14-21-3)18(9-11-20-2)13-17-7-4-6-16(12-17)8-5-10-19/h4,6-7,12,15,19H,9-11,13-14H2,1-3H3. The Morgan fingerprint density at radius 3 is 2.76 bits per heavy atom. The lowest BCUT2D eigenvalue weighted by Crippen LogP contribution is -2.38. The van der Waals surface area contributed by atoms with Crippen LogP contribution in [0, 0.1) is 11.8 Å². The zero-order chi connectivity index (χ0) is 15.5. The van der Waals surface area contributed by atoms with Crippen molar-refractivity contribution in [2.75, 3.05) is 40.6 Å². The highest BCUT2D eigenvalue weighted by Gasteiger charge is 2.14. The smallest absolute Gasteiger partial charge is 0.104 e. The van der Waals surface area contributed by atoms with E-state index in [9.17, 15) is 0 Å². The maximum atomic E-state index is 8.76. The van der Waals surface area contributed by atoms with Crippen molar-refractivity contribution in [2.24, 2.45) is 0 Å². The number of nitrogens with zero attached hydrogens (tertiary/aromatic N) is 1. The summed E-state index contributed by atoms with van der Waals surface area (Å²) in [5.41, 5.74) is 2.12. The van der Waals surface area contributed by atoms with Crippen LogP contribution in [0.2, 0.25) is 0 Å². The van der Waals surface area contributed by atoms with E-state index >= 15 is 0 Å². The second-order valence-corrected chi connectivity index (χ2v) is 4.93. The van der Waals surface area contributed by atoms with Gasteiger partial charge in [0.05, 0.1) is 13.2 Å². The van der Waals surface area contributed by atoms with Crippen molar-refractivity contribution in [2.45, 2.75) is 19.5 Å². The third-order valence-electron chi connectivity index (χ3n) is 3.24. The Morgan fingerprint density at radius 1 is 1.29 bits per heavy atom. The Balaban J connectivity index is 2.77. The van der Waals surface area contributed by atoms with Gasteiger partial charge in [0.2, 0.25) is 0 Å². The summed E-state index contributed by atoms with van der Waals surface area (Å²) >= 11 is 0. The van der Waals surface area contributed by atoms with Crippen molar-refractivity contribution in [3.8, 4) is 11.8 Å². The number of aliphatic hydroxyl groups excluding tert-OH is 1. The molecule has 1 N–H and O–H groups in total. The van der Waals surface area contributed by atoms with E-state index < -0.39 is 0 Å². The van der Waals surface area contributed by atoms with Gasteiger partial charge in [-0.15, -0.1) is 0 Å². The van der Waals surface area contributed by atoms with E-state index in [-0.39, 0.29) is 6.61 Å². The fourth-order valence-corrected chi connectivity index (χ4v) is 2.13. The van der Waals surface area contributed by atoms with Crippen LogP contribution in [-0.4, -0.2) is 56.6 Å². The first-order valence-electron chi connectivity index (χ1n) is 7.11. The summed E-state index contributed by atoms with van der Waals surface area (Å²) < 4.78 is 10.4. The second-order valence-electron chi connectivity index (χ2n) is 4.93. The van der Waals surface area contributed by atoms with E-state index in [1.54, 1.807) is 14.2 Å². The molecular formula is C17H25NO3. The predicted octanol–water partition coefficient (Wildman–Crippen LogP) is 1.51. The normalized spacial score (nSPS) is 12.0. The number of hydrogen-bond acceptors (Lipinski definition) is 4. The van der Waals surface area contributed by atoms with Gasteiger partial charge >= 0.3 is 0 Å². The maximum Gasteiger partial charge on any atom is 0.104 e. The molecule has 0 aliphatic rings. The molecule has 4 heteroatoms. The minimum Gasteiger partial charge on any atom is -0.384 e. The van der Waals surface area contributed by atoms with Gasteiger partial charge < -0.3 is 14.6 Å². The molecule has 1 rings (SSSR count). The summed E-state index contributed by atoms with van der Waals surface area (Å²) in [5.74, 6) is 5.61. The fraction of sp³-hybridized carbons (Fsp3) is 0.529. The molecule has 0 fully saturated rings. The van der Waals surface area contributed by atoms with E-state index in [1.807, 2.05) is 12.1 Å². The molecule has 0 saturated heterocycles. The molecule has 0 radical (unpaired) electrons. The summed E-state index contributed by atoms with van der Waals surface area (Å²) in [5, 5.41) is 8.76. The highest BCUT2D eigenvalue weighted by molar-refractivity contribution is 5.37. The zero-order valence-electron chi connectivity index (χ0n) is 13.1. The van der Waals surface area contributed by atoms with Crippen molar-refractivity contribution in [1.82, 2.24) is 4.90 Å². The van der Waals surface area contributed by atoms with Crippen molar-refractivity contribution in [3.05, 3.63) is 35.4 Å². The molecule has 116 valence electrons. The monoisotopic (exact) mass is 291 g/mol. The van der Waals surface area contributed by atoms with Gasteiger partial charge in [0.15, 0.2) is 0 Å². The highest BCUT2D eigenvalue weighted by Crippen LogP contribution is 2.11. The molecule has 1 atom stereocenters. The fourth-order valence-electron chi connectivity index (χ4n) is 2.13. The summed E-state index contributed by atoms with van der Waals surface area (Å²) in [6.07, 6.45) is 0. The third-order valence-corrected chi connectivity index (χ3v) is 3.24. The van der Waals surface area contributed by atoms with Gasteiger partial charge in [-0.2, -0.15) is 0 Å². The van der Waals surface area contributed by atoms with Gasteiger partial charge in [0.1, 0.15) is 6.61 Å². The molecule has 1 aromatic rings.